The summed E-state index contributed by atoms with van der Waals surface area (Å²) in [4.78, 5) is 14.4. The molecule has 0 radical (unpaired) electrons. The molecule has 0 bridgehead atoms. The number of nitrogens with one attached hydrogen (secondary N) is 1. The predicted molar refractivity (Wildman–Crippen MR) is 76.5 cm³/mol. The number of hydrogen-bond donors (Lipinski definition) is 2. The van der Waals surface area contributed by atoms with Crippen LogP contribution in [0.4, 0.5) is 0 Å². The van der Waals surface area contributed by atoms with Gasteiger partial charge in [0.2, 0.25) is 5.91 Å². The number of aromatic nitrogens is 4. The average molecular weight is 281 g/mol. The molecular formula is C12H19N5OS. The van der Waals surface area contributed by atoms with Crippen LogP contribution in [0.2, 0.25) is 0 Å². The summed E-state index contributed by atoms with van der Waals surface area (Å²) < 4.78 is 4.41. The first-order chi connectivity index (χ1) is 8.77. The average Bonchev–Trinajstić information content (AvgIpc) is 2.74. The van der Waals surface area contributed by atoms with Gasteiger partial charge in [-0.15, -0.1) is 0 Å². The number of hydrogen-bond acceptors (Lipinski definition) is 3. The van der Waals surface area contributed by atoms with Gasteiger partial charge in [-0.3, -0.25) is 9.36 Å². The molecule has 0 aliphatic rings. The van der Waals surface area contributed by atoms with Gasteiger partial charge in [-0.1, -0.05) is 0 Å². The van der Waals surface area contributed by atoms with E-state index in [1.54, 1.807) is 0 Å². The summed E-state index contributed by atoms with van der Waals surface area (Å²) in [5.74, 6) is -0.347. The minimum Gasteiger partial charge on any atom is -0.370 e. The third-order valence-electron chi connectivity index (χ3n) is 3.26. The Morgan fingerprint density at radius 2 is 2.16 bits per heavy atom. The van der Waals surface area contributed by atoms with E-state index in [2.05, 4.69) is 10.1 Å². The molecule has 2 aromatic heterocycles. The number of primary amides is 1. The van der Waals surface area contributed by atoms with Gasteiger partial charge in [-0.2, -0.15) is 5.10 Å². The normalized spacial score (nSPS) is 12.2. The van der Waals surface area contributed by atoms with Crippen molar-refractivity contribution in [1.29, 1.82) is 0 Å². The fraction of sp³-hybridized carbons (Fsp3) is 0.583. The van der Waals surface area contributed by atoms with Crippen molar-refractivity contribution >= 4 is 29.3 Å². The van der Waals surface area contributed by atoms with Crippen molar-refractivity contribution in [3.63, 3.8) is 0 Å². The quantitative estimate of drug-likeness (QED) is 0.839. The summed E-state index contributed by atoms with van der Waals surface area (Å²) in [5, 5.41) is 4.46. The van der Waals surface area contributed by atoms with Crippen LogP contribution in [0.15, 0.2) is 0 Å². The molecule has 2 heterocycles. The van der Waals surface area contributed by atoms with Crippen molar-refractivity contribution in [2.45, 2.75) is 46.2 Å². The second kappa shape index (κ2) is 4.48. The van der Waals surface area contributed by atoms with Gasteiger partial charge < -0.3 is 10.7 Å². The van der Waals surface area contributed by atoms with E-state index in [0.29, 0.717) is 4.77 Å². The Morgan fingerprint density at radius 1 is 1.53 bits per heavy atom. The first-order valence-electron chi connectivity index (χ1n) is 6.25. The third kappa shape index (κ3) is 2.18. The van der Waals surface area contributed by atoms with E-state index in [9.17, 15) is 4.79 Å². The minimum atomic E-state index is -0.486. The lowest BCUT2D eigenvalue weighted by atomic mass is 10.00. The van der Waals surface area contributed by atoms with E-state index in [4.69, 9.17) is 18.0 Å². The van der Waals surface area contributed by atoms with Crippen LogP contribution < -0.4 is 5.73 Å². The number of nitrogens with zero attached hydrogens (tertiary/aromatic N) is 3. The lowest BCUT2D eigenvalue weighted by Gasteiger charge is -2.26. The van der Waals surface area contributed by atoms with Crippen LogP contribution in [0.5, 0.6) is 0 Å². The number of fused-ring (bicyclic) bond motifs is 1. The van der Waals surface area contributed by atoms with Gasteiger partial charge in [0.05, 0.1) is 11.2 Å². The molecule has 0 atom stereocenters. The Bertz CT molecular complexity index is 691. The molecule has 1 amide bonds. The van der Waals surface area contributed by atoms with Crippen LogP contribution in [-0.2, 0) is 16.9 Å². The highest BCUT2D eigenvalue weighted by atomic mass is 32.1. The highest BCUT2D eigenvalue weighted by Crippen LogP contribution is 2.27. The van der Waals surface area contributed by atoms with Gasteiger partial charge in [0.25, 0.3) is 0 Å². The van der Waals surface area contributed by atoms with Crippen molar-refractivity contribution in [1.82, 2.24) is 19.3 Å². The molecule has 0 saturated carbocycles. The first-order valence-corrected chi connectivity index (χ1v) is 6.65. The second-order valence-electron chi connectivity index (χ2n) is 5.32. The molecular weight excluding hydrogens is 262 g/mol. The molecule has 0 aliphatic heterocycles. The van der Waals surface area contributed by atoms with Crippen molar-refractivity contribution in [2.75, 3.05) is 0 Å². The van der Waals surface area contributed by atoms with Crippen LogP contribution in [0, 0.1) is 11.7 Å². The molecule has 0 unspecified atom stereocenters. The van der Waals surface area contributed by atoms with Gasteiger partial charge in [0.1, 0.15) is 5.52 Å². The monoisotopic (exact) mass is 281 g/mol. The number of amides is 1. The van der Waals surface area contributed by atoms with E-state index in [1.165, 1.54) is 0 Å². The third-order valence-corrected chi connectivity index (χ3v) is 3.54. The van der Waals surface area contributed by atoms with Crippen LogP contribution in [0.3, 0.4) is 0 Å². The number of carbonyl (C=O) groups is 1. The lowest BCUT2D eigenvalue weighted by Crippen LogP contribution is -2.33. The zero-order valence-corrected chi connectivity index (χ0v) is 12.5. The van der Waals surface area contributed by atoms with E-state index in [-0.39, 0.29) is 12.3 Å². The predicted octanol–water partition coefficient (Wildman–Crippen LogP) is 1.83. The molecule has 7 heteroatoms. The van der Waals surface area contributed by atoms with Gasteiger partial charge in [-0.25, -0.2) is 4.68 Å². The van der Waals surface area contributed by atoms with Crippen molar-refractivity contribution in [2.24, 2.45) is 5.73 Å². The molecule has 0 aromatic carbocycles. The number of imidazole rings is 1. The zero-order valence-electron chi connectivity index (χ0n) is 11.6. The Labute approximate surface area is 116 Å². The molecule has 19 heavy (non-hydrogen) atoms. The lowest BCUT2D eigenvalue weighted by molar-refractivity contribution is -0.119. The number of nitrogens with two attached hydrogens (primary N) is 1. The molecule has 3 N–H and O–H groups in total. The van der Waals surface area contributed by atoms with Crippen LogP contribution in [0.25, 0.3) is 11.2 Å². The smallest absolute Gasteiger partial charge is 0.219 e. The maximum atomic E-state index is 11.3. The topological polar surface area (TPSA) is 81.6 Å². The summed E-state index contributed by atoms with van der Waals surface area (Å²) in [6.07, 6.45) is 0.224. The maximum Gasteiger partial charge on any atom is 0.219 e. The van der Waals surface area contributed by atoms with E-state index >= 15 is 0 Å². The van der Waals surface area contributed by atoms with Crippen molar-refractivity contribution in [3.05, 3.63) is 10.5 Å². The highest BCUT2D eigenvalue weighted by molar-refractivity contribution is 7.71. The number of rotatable bonds is 4. The standard InChI is InChI=1S/C12H19N5OS/c1-5-16-10-9(7(2)15-16)14-11(19)17(10)12(3,4)6-8(13)18/h5-6H2,1-4H3,(H2,13,18)(H,14,19). The number of H-pyrrole nitrogens is 1. The Kier molecular flexibility index (Phi) is 3.25. The Hall–Kier alpha value is -1.63. The van der Waals surface area contributed by atoms with Crippen molar-refractivity contribution < 1.29 is 4.79 Å². The first kappa shape index (κ1) is 13.8. The fourth-order valence-electron chi connectivity index (χ4n) is 2.49. The number of aromatic amines is 1. The largest absolute Gasteiger partial charge is 0.370 e. The molecule has 0 saturated heterocycles. The Balaban J connectivity index is 2.75. The van der Waals surface area contributed by atoms with Crippen LogP contribution in [-0.4, -0.2) is 25.2 Å². The molecule has 2 rings (SSSR count). The fourth-order valence-corrected chi connectivity index (χ4v) is 2.93. The SMILES string of the molecule is CCn1nc(C)c2[nH]c(=S)n(C(C)(C)CC(N)=O)c21. The number of carbonyl (C=O) groups excluding carboxylic acids is 1. The summed E-state index contributed by atoms with van der Waals surface area (Å²) in [6.45, 7) is 8.59. The minimum absolute atomic E-state index is 0.224. The number of aryl methyl sites for hydroxylation is 2. The summed E-state index contributed by atoms with van der Waals surface area (Å²) in [7, 11) is 0. The molecule has 0 fully saturated rings. The van der Waals surface area contributed by atoms with Gasteiger partial charge in [0.15, 0.2) is 10.4 Å². The highest BCUT2D eigenvalue weighted by Gasteiger charge is 2.28. The van der Waals surface area contributed by atoms with Crippen LogP contribution in [0.1, 0.15) is 32.9 Å². The molecule has 6 nitrogen and oxygen atoms in total. The molecule has 0 aliphatic carbocycles. The second-order valence-corrected chi connectivity index (χ2v) is 5.71. The van der Waals surface area contributed by atoms with Crippen molar-refractivity contribution in [3.8, 4) is 0 Å². The maximum absolute atomic E-state index is 11.3. The van der Waals surface area contributed by atoms with E-state index < -0.39 is 5.54 Å². The van der Waals surface area contributed by atoms with Crippen LogP contribution >= 0.6 is 12.2 Å². The summed E-state index contributed by atoms with van der Waals surface area (Å²) in [6, 6.07) is 0. The molecule has 104 valence electrons. The van der Waals surface area contributed by atoms with Gasteiger partial charge >= 0.3 is 0 Å². The van der Waals surface area contributed by atoms with Gasteiger partial charge in [-0.05, 0) is 39.9 Å². The zero-order chi connectivity index (χ0) is 14.4. The summed E-state index contributed by atoms with van der Waals surface area (Å²) >= 11 is 5.39. The molecule has 0 spiro atoms. The molecule has 2 aromatic rings. The van der Waals surface area contributed by atoms with Gasteiger partial charge in [0, 0.05) is 13.0 Å². The van der Waals surface area contributed by atoms with E-state index in [1.807, 2.05) is 36.9 Å². The Morgan fingerprint density at radius 3 is 2.68 bits per heavy atom. The summed E-state index contributed by atoms with van der Waals surface area (Å²) in [5.41, 5.74) is 7.58. The van der Waals surface area contributed by atoms with E-state index in [0.717, 1.165) is 23.4 Å².